The lowest BCUT2D eigenvalue weighted by Crippen LogP contribution is -2.37. The van der Waals surface area contributed by atoms with E-state index in [-0.39, 0.29) is 39.3 Å². The van der Waals surface area contributed by atoms with Crippen molar-refractivity contribution in [3.63, 3.8) is 0 Å². The van der Waals surface area contributed by atoms with Gasteiger partial charge in [0.2, 0.25) is 5.91 Å². The van der Waals surface area contributed by atoms with Gasteiger partial charge in [0.25, 0.3) is 5.56 Å². The van der Waals surface area contributed by atoms with Gasteiger partial charge in [0.1, 0.15) is 5.82 Å². The summed E-state index contributed by atoms with van der Waals surface area (Å²) in [7, 11) is 2.79. The van der Waals surface area contributed by atoms with Crippen LogP contribution in [0.5, 0.6) is 0 Å². The molecule has 4 rings (SSSR count). The summed E-state index contributed by atoms with van der Waals surface area (Å²) in [5.41, 5.74) is -2.05. The van der Waals surface area contributed by atoms with E-state index in [1.165, 1.54) is 36.4 Å². The van der Waals surface area contributed by atoms with Crippen molar-refractivity contribution in [2.45, 2.75) is 12.6 Å². The van der Waals surface area contributed by atoms with Crippen molar-refractivity contribution in [2.75, 3.05) is 5.32 Å². The molecule has 0 radical (unpaired) electrons. The van der Waals surface area contributed by atoms with Gasteiger partial charge in [-0.1, -0.05) is 0 Å². The van der Waals surface area contributed by atoms with E-state index in [4.69, 9.17) is 0 Å². The number of pyridine rings is 1. The summed E-state index contributed by atoms with van der Waals surface area (Å²) < 4.78 is 55.2. The highest BCUT2D eigenvalue weighted by atomic mass is 32.1. The number of benzene rings is 1. The molecule has 0 atom stereocenters. The molecular formula is C21H15F4N5O3S. The second-order valence-corrected chi connectivity index (χ2v) is 8.21. The van der Waals surface area contributed by atoms with Crippen LogP contribution in [0.4, 0.5) is 22.7 Å². The van der Waals surface area contributed by atoms with E-state index in [0.717, 1.165) is 15.9 Å². The van der Waals surface area contributed by atoms with E-state index in [1.54, 1.807) is 0 Å². The zero-order valence-corrected chi connectivity index (χ0v) is 18.4. The molecular weight excluding hydrogens is 478 g/mol. The van der Waals surface area contributed by atoms with Crippen molar-refractivity contribution in [1.82, 2.24) is 19.1 Å². The summed E-state index contributed by atoms with van der Waals surface area (Å²) in [4.78, 5) is 45.3. The first kappa shape index (κ1) is 23.3. The first-order valence-electron chi connectivity index (χ1n) is 9.62. The molecule has 0 aliphatic carbocycles. The molecule has 13 heteroatoms. The fraction of sp³-hybridized carbons (Fsp3) is 0.190. The largest absolute Gasteiger partial charge is 0.416 e. The fourth-order valence-corrected chi connectivity index (χ4v) is 4.13. The van der Waals surface area contributed by atoms with Gasteiger partial charge < -0.3 is 5.32 Å². The third kappa shape index (κ3) is 4.21. The Morgan fingerprint density at radius 1 is 1.15 bits per heavy atom. The van der Waals surface area contributed by atoms with Crippen molar-refractivity contribution >= 4 is 33.3 Å². The van der Waals surface area contributed by atoms with E-state index in [9.17, 15) is 31.9 Å². The van der Waals surface area contributed by atoms with Gasteiger partial charge >= 0.3 is 11.9 Å². The number of aryl methyl sites for hydroxylation is 1. The van der Waals surface area contributed by atoms with Gasteiger partial charge in [0, 0.05) is 31.2 Å². The summed E-state index contributed by atoms with van der Waals surface area (Å²) >= 11 is 0.901. The fourth-order valence-electron chi connectivity index (χ4n) is 3.40. The number of thiazole rings is 1. The first-order chi connectivity index (χ1) is 16.0. The highest BCUT2D eigenvalue weighted by molar-refractivity contribution is 7.14. The van der Waals surface area contributed by atoms with Crippen LogP contribution in [0.15, 0.2) is 45.6 Å². The molecule has 176 valence electrons. The molecule has 1 amide bonds. The number of nitrogens with zero attached hydrogens (tertiary/aromatic N) is 4. The number of aromatic nitrogens is 4. The number of hydrogen-bond acceptors (Lipinski definition) is 6. The second-order valence-electron chi connectivity index (χ2n) is 7.35. The Hall–Kier alpha value is -3.87. The summed E-state index contributed by atoms with van der Waals surface area (Å²) in [6.45, 7) is 0. The summed E-state index contributed by atoms with van der Waals surface area (Å²) in [6.07, 6.45) is -2.26. The quantitative estimate of drug-likeness (QED) is 0.441. The van der Waals surface area contributed by atoms with Crippen LogP contribution in [0.3, 0.4) is 0 Å². The van der Waals surface area contributed by atoms with Gasteiger partial charge in [-0.15, -0.1) is 11.3 Å². The molecule has 4 aromatic rings. The van der Waals surface area contributed by atoms with E-state index in [2.05, 4.69) is 15.3 Å². The predicted octanol–water partition coefficient (Wildman–Crippen LogP) is 3.09. The van der Waals surface area contributed by atoms with Crippen LogP contribution in [0.25, 0.3) is 22.2 Å². The number of hydrogen-bond donors (Lipinski definition) is 1. The maximum atomic E-state index is 14.1. The molecule has 0 spiro atoms. The zero-order valence-electron chi connectivity index (χ0n) is 17.6. The standard InChI is InChI=1S/C21H15F4N5O3S/c1-29-15-8-26-7-10(17(15)18(32)30(2)20(29)33)5-16(31)28-19-27-14(9-34-19)12-6-11(21(23,24)25)3-4-13(12)22/h3-4,6-9H,5H2,1-2H3,(H,27,28,31). The highest BCUT2D eigenvalue weighted by Crippen LogP contribution is 2.34. The minimum Gasteiger partial charge on any atom is -0.302 e. The number of fused-ring (bicyclic) bond motifs is 1. The van der Waals surface area contributed by atoms with Gasteiger partial charge in [-0.3, -0.25) is 23.7 Å². The minimum atomic E-state index is -4.65. The highest BCUT2D eigenvalue weighted by Gasteiger charge is 2.31. The summed E-state index contributed by atoms with van der Waals surface area (Å²) in [5.74, 6) is -1.48. The van der Waals surface area contributed by atoms with E-state index in [0.29, 0.717) is 18.2 Å². The Morgan fingerprint density at radius 2 is 1.88 bits per heavy atom. The van der Waals surface area contributed by atoms with Gasteiger partial charge in [0.15, 0.2) is 5.13 Å². The topological polar surface area (TPSA) is 98.9 Å². The number of alkyl halides is 3. The molecule has 3 aromatic heterocycles. The molecule has 3 heterocycles. The molecule has 0 fully saturated rings. The molecule has 0 unspecified atom stereocenters. The molecule has 34 heavy (non-hydrogen) atoms. The van der Waals surface area contributed by atoms with Crippen molar-refractivity contribution in [3.05, 3.63) is 73.8 Å². The van der Waals surface area contributed by atoms with Crippen molar-refractivity contribution in [2.24, 2.45) is 14.1 Å². The van der Waals surface area contributed by atoms with Crippen molar-refractivity contribution in [1.29, 1.82) is 0 Å². The number of carbonyl (C=O) groups excluding carboxylic acids is 1. The summed E-state index contributed by atoms with van der Waals surface area (Å²) in [6, 6.07) is 1.99. The number of anilines is 1. The van der Waals surface area contributed by atoms with Crippen LogP contribution >= 0.6 is 11.3 Å². The Labute approximate surface area is 192 Å². The van der Waals surface area contributed by atoms with Crippen LogP contribution in [0.1, 0.15) is 11.1 Å². The Bertz CT molecular complexity index is 1560. The third-order valence-corrected chi connectivity index (χ3v) is 5.89. The van der Waals surface area contributed by atoms with Gasteiger partial charge in [0.05, 0.1) is 34.8 Å². The number of nitrogens with one attached hydrogen (secondary N) is 1. The lowest BCUT2D eigenvalue weighted by molar-refractivity contribution is -0.137. The van der Waals surface area contributed by atoms with E-state index in [1.807, 2.05) is 0 Å². The maximum absolute atomic E-state index is 14.1. The molecule has 0 saturated heterocycles. The Morgan fingerprint density at radius 3 is 2.59 bits per heavy atom. The van der Waals surface area contributed by atoms with Gasteiger partial charge in [-0.2, -0.15) is 13.2 Å². The lowest BCUT2D eigenvalue weighted by atomic mass is 10.1. The van der Waals surface area contributed by atoms with Crippen LogP contribution in [0.2, 0.25) is 0 Å². The maximum Gasteiger partial charge on any atom is 0.416 e. The second kappa shape index (κ2) is 8.48. The van der Waals surface area contributed by atoms with Crippen molar-refractivity contribution < 1.29 is 22.4 Å². The molecule has 8 nitrogen and oxygen atoms in total. The Balaban J connectivity index is 1.60. The minimum absolute atomic E-state index is 0.0327. The molecule has 0 bridgehead atoms. The molecule has 0 aliphatic heterocycles. The number of amides is 1. The van der Waals surface area contributed by atoms with Crippen LogP contribution in [0, 0.1) is 5.82 Å². The van der Waals surface area contributed by atoms with E-state index < -0.39 is 34.7 Å². The summed E-state index contributed by atoms with van der Waals surface area (Å²) in [5, 5.41) is 3.99. The lowest BCUT2D eigenvalue weighted by Gasteiger charge is -2.10. The smallest absolute Gasteiger partial charge is 0.302 e. The molecule has 1 aromatic carbocycles. The average molecular weight is 493 g/mol. The third-order valence-electron chi connectivity index (χ3n) is 5.13. The van der Waals surface area contributed by atoms with Crippen LogP contribution in [-0.4, -0.2) is 25.0 Å². The van der Waals surface area contributed by atoms with Crippen molar-refractivity contribution in [3.8, 4) is 11.3 Å². The predicted molar refractivity (Wildman–Crippen MR) is 117 cm³/mol. The molecule has 0 saturated carbocycles. The monoisotopic (exact) mass is 493 g/mol. The van der Waals surface area contributed by atoms with Crippen LogP contribution < -0.4 is 16.6 Å². The zero-order chi connectivity index (χ0) is 24.8. The SMILES string of the molecule is Cn1c(=O)c2c(CC(=O)Nc3nc(-c4cc(C(F)(F)F)ccc4F)cs3)cncc2n(C)c1=O. The molecule has 1 N–H and O–H groups in total. The first-order valence-corrected chi connectivity index (χ1v) is 10.5. The molecule has 0 aliphatic rings. The number of carbonyl (C=O) groups is 1. The Kier molecular flexibility index (Phi) is 5.81. The number of rotatable bonds is 4. The number of halogens is 4. The van der Waals surface area contributed by atoms with E-state index >= 15 is 0 Å². The van der Waals surface area contributed by atoms with Gasteiger partial charge in [-0.05, 0) is 23.8 Å². The average Bonchev–Trinajstić information content (AvgIpc) is 3.23. The van der Waals surface area contributed by atoms with Crippen LogP contribution in [-0.2, 0) is 31.5 Å². The normalized spacial score (nSPS) is 11.7. The van der Waals surface area contributed by atoms with Gasteiger partial charge in [-0.25, -0.2) is 14.2 Å².